The second kappa shape index (κ2) is 6.84. The molecule has 2 heterocycles. The van der Waals surface area contributed by atoms with E-state index in [2.05, 4.69) is 15.7 Å². The first-order valence-electron chi connectivity index (χ1n) is 8.48. The van der Waals surface area contributed by atoms with Crippen molar-refractivity contribution in [3.8, 4) is 11.1 Å². The molecule has 1 aliphatic heterocycles. The zero-order valence-corrected chi connectivity index (χ0v) is 14.1. The Kier molecular flexibility index (Phi) is 4.23. The van der Waals surface area contributed by atoms with E-state index in [4.69, 9.17) is 0 Å². The van der Waals surface area contributed by atoms with Crippen molar-refractivity contribution in [2.24, 2.45) is 5.92 Å². The molecular weight excluding hydrogens is 328 g/mol. The predicted octanol–water partition coefficient (Wildman–Crippen LogP) is 3.15. The van der Waals surface area contributed by atoms with Crippen LogP contribution >= 0.6 is 0 Å². The topological polar surface area (TPSA) is 76.0 Å². The third-order valence-electron chi connectivity index (χ3n) is 4.42. The van der Waals surface area contributed by atoms with Gasteiger partial charge in [-0.2, -0.15) is 5.10 Å². The summed E-state index contributed by atoms with van der Waals surface area (Å²) in [5, 5.41) is 10.1. The van der Waals surface area contributed by atoms with Crippen LogP contribution in [0, 0.1) is 5.92 Å². The molecule has 1 atom stereocenters. The number of amides is 2. The summed E-state index contributed by atoms with van der Waals surface area (Å²) in [5.41, 5.74) is 2.60. The zero-order valence-electron chi connectivity index (χ0n) is 14.1. The molecule has 0 spiro atoms. The molecule has 0 saturated heterocycles. The van der Waals surface area contributed by atoms with Gasteiger partial charge in [0.05, 0.1) is 18.7 Å². The third-order valence-corrected chi connectivity index (χ3v) is 4.42. The lowest BCUT2D eigenvalue weighted by atomic mass is 10.0. The molecule has 0 unspecified atom stereocenters. The molecule has 2 aromatic carbocycles. The number of carbonyl (C=O) groups is 2. The van der Waals surface area contributed by atoms with Gasteiger partial charge in [0.15, 0.2) is 0 Å². The summed E-state index contributed by atoms with van der Waals surface area (Å²) < 4.78 is 1.75. The van der Waals surface area contributed by atoms with Crippen molar-refractivity contribution in [2.75, 3.05) is 10.6 Å². The molecule has 6 heteroatoms. The fraction of sp³-hybridized carbons (Fsp3) is 0.150. The molecule has 0 radical (unpaired) electrons. The highest BCUT2D eigenvalue weighted by Crippen LogP contribution is 2.31. The van der Waals surface area contributed by atoms with Gasteiger partial charge < -0.3 is 10.6 Å². The number of hydrogen-bond donors (Lipinski definition) is 2. The standard InChI is InChI=1S/C20H18N4O2/c25-18(22-16-9-5-2-6-10-16)11-15-13-24-19(23-20(15)26)17(12-21-24)14-7-3-1-4-8-14/h1-10,12,15H,11,13H2,(H,22,25)(H,23,26)/t15-/m0/s1. The van der Waals surface area contributed by atoms with Gasteiger partial charge in [0.2, 0.25) is 11.8 Å². The van der Waals surface area contributed by atoms with Crippen LogP contribution in [0.4, 0.5) is 11.5 Å². The van der Waals surface area contributed by atoms with E-state index in [0.717, 1.165) is 16.8 Å². The van der Waals surface area contributed by atoms with Crippen LogP contribution in [0.25, 0.3) is 11.1 Å². The Morgan fingerprint density at radius 1 is 1.12 bits per heavy atom. The Hall–Kier alpha value is -3.41. The number of anilines is 2. The summed E-state index contributed by atoms with van der Waals surface area (Å²) in [7, 11) is 0. The van der Waals surface area contributed by atoms with Crippen molar-refractivity contribution in [1.29, 1.82) is 0 Å². The summed E-state index contributed by atoms with van der Waals surface area (Å²) in [5.74, 6) is -0.107. The van der Waals surface area contributed by atoms with Gasteiger partial charge in [0.25, 0.3) is 0 Å². The van der Waals surface area contributed by atoms with Crippen molar-refractivity contribution in [3.63, 3.8) is 0 Å². The summed E-state index contributed by atoms with van der Waals surface area (Å²) >= 11 is 0. The lowest BCUT2D eigenvalue weighted by Crippen LogP contribution is -2.36. The first-order valence-corrected chi connectivity index (χ1v) is 8.48. The average molecular weight is 346 g/mol. The Morgan fingerprint density at radius 2 is 1.81 bits per heavy atom. The van der Waals surface area contributed by atoms with Gasteiger partial charge in [-0.25, -0.2) is 4.68 Å². The minimum atomic E-state index is -0.449. The van der Waals surface area contributed by atoms with E-state index in [-0.39, 0.29) is 18.2 Å². The second-order valence-corrected chi connectivity index (χ2v) is 6.26. The number of nitrogens with zero attached hydrogens (tertiary/aromatic N) is 2. The van der Waals surface area contributed by atoms with Gasteiger partial charge in [-0.3, -0.25) is 9.59 Å². The fourth-order valence-electron chi connectivity index (χ4n) is 3.11. The number of hydrogen-bond acceptors (Lipinski definition) is 3. The minimum Gasteiger partial charge on any atom is -0.326 e. The van der Waals surface area contributed by atoms with Crippen molar-refractivity contribution < 1.29 is 9.59 Å². The summed E-state index contributed by atoms with van der Waals surface area (Å²) in [6.45, 7) is 0.385. The third kappa shape index (κ3) is 3.21. The largest absolute Gasteiger partial charge is 0.326 e. The molecule has 26 heavy (non-hydrogen) atoms. The highest BCUT2D eigenvalue weighted by Gasteiger charge is 2.30. The normalized spacial score (nSPS) is 15.8. The van der Waals surface area contributed by atoms with Crippen LogP contribution in [0.1, 0.15) is 6.42 Å². The lowest BCUT2D eigenvalue weighted by molar-refractivity contribution is -0.125. The summed E-state index contributed by atoms with van der Waals surface area (Å²) in [6.07, 6.45) is 1.86. The maximum atomic E-state index is 12.5. The van der Waals surface area contributed by atoms with E-state index >= 15 is 0 Å². The van der Waals surface area contributed by atoms with E-state index < -0.39 is 5.92 Å². The van der Waals surface area contributed by atoms with Crippen LogP contribution in [0.3, 0.4) is 0 Å². The average Bonchev–Trinajstić information content (AvgIpc) is 3.06. The van der Waals surface area contributed by atoms with Crippen molar-refractivity contribution >= 4 is 23.3 Å². The molecule has 130 valence electrons. The molecule has 1 aromatic heterocycles. The van der Waals surface area contributed by atoms with Crippen LogP contribution in [0.15, 0.2) is 66.9 Å². The van der Waals surface area contributed by atoms with E-state index in [1.54, 1.807) is 10.9 Å². The van der Waals surface area contributed by atoms with Crippen molar-refractivity contribution in [1.82, 2.24) is 9.78 Å². The van der Waals surface area contributed by atoms with E-state index in [1.165, 1.54) is 0 Å². The number of nitrogens with one attached hydrogen (secondary N) is 2. The smallest absolute Gasteiger partial charge is 0.231 e. The number of carbonyl (C=O) groups excluding carboxylic acids is 2. The van der Waals surface area contributed by atoms with E-state index in [9.17, 15) is 9.59 Å². The molecular formula is C20H18N4O2. The van der Waals surface area contributed by atoms with Crippen molar-refractivity contribution in [3.05, 3.63) is 66.9 Å². The van der Waals surface area contributed by atoms with Crippen LogP contribution in [-0.2, 0) is 16.1 Å². The molecule has 0 bridgehead atoms. The molecule has 0 aliphatic carbocycles. The van der Waals surface area contributed by atoms with Gasteiger partial charge in [0, 0.05) is 17.7 Å². The first-order chi connectivity index (χ1) is 12.7. The van der Waals surface area contributed by atoms with Gasteiger partial charge in [-0.15, -0.1) is 0 Å². The van der Waals surface area contributed by atoms with Crippen LogP contribution in [0.5, 0.6) is 0 Å². The quantitative estimate of drug-likeness (QED) is 0.762. The van der Waals surface area contributed by atoms with E-state index in [0.29, 0.717) is 12.4 Å². The molecule has 3 aromatic rings. The van der Waals surface area contributed by atoms with Gasteiger partial charge >= 0.3 is 0 Å². The monoisotopic (exact) mass is 346 g/mol. The number of benzene rings is 2. The Bertz CT molecular complexity index is 935. The molecule has 2 N–H and O–H groups in total. The Balaban J connectivity index is 1.48. The van der Waals surface area contributed by atoms with Crippen molar-refractivity contribution in [2.45, 2.75) is 13.0 Å². The van der Waals surface area contributed by atoms with Crippen LogP contribution < -0.4 is 10.6 Å². The predicted molar refractivity (Wildman–Crippen MR) is 99.5 cm³/mol. The first kappa shape index (κ1) is 16.1. The number of para-hydroxylation sites is 1. The van der Waals surface area contributed by atoms with Crippen LogP contribution in [-0.4, -0.2) is 21.6 Å². The molecule has 6 nitrogen and oxygen atoms in total. The Morgan fingerprint density at radius 3 is 2.54 bits per heavy atom. The maximum Gasteiger partial charge on any atom is 0.231 e. The number of fused-ring (bicyclic) bond motifs is 1. The fourth-order valence-corrected chi connectivity index (χ4v) is 3.11. The highest BCUT2D eigenvalue weighted by molar-refractivity contribution is 6.00. The molecule has 4 rings (SSSR count). The second-order valence-electron chi connectivity index (χ2n) is 6.26. The highest BCUT2D eigenvalue weighted by atomic mass is 16.2. The van der Waals surface area contributed by atoms with Gasteiger partial charge in [-0.05, 0) is 17.7 Å². The number of aromatic nitrogens is 2. The SMILES string of the molecule is O=C(C[C@H]1Cn2ncc(-c3ccccc3)c2NC1=O)Nc1ccccc1. The van der Waals surface area contributed by atoms with Gasteiger partial charge in [-0.1, -0.05) is 48.5 Å². The number of rotatable bonds is 4. The maximum absolute atomic E-state index is 12.5. The van der Waals surface area contributed by atoms with Crippen LogP contribution in [0.2, 0.25) is 0 Å². The zero-order chi connectivity index (χ0) is 17.9. The van der Waals surface area contributed by atoms with E-state index in [1.807, 2.05) is 60.7 Å². The Labute approximate surface area is 150 Å². The molecule has 0 saturated carbocycles. The minimum absolute atomic E-state index is 0.112. The molecule has 0 fully saturated rings. The molecule has 1 aliphatic rings. The lowest BCUT2D eigenvalue weighted by Gasteiger charge is -2.24. The summed E-state index contributed by atoms with van der Waals surface area (Å²) in [4.78, 5) is 24.7. The van der Waals surface area contributed by atoms with Gasteiger partial charge in [0.1, 0.15) is 5.82 Å². The molecule has 2 amide bonds. The summed E-state index contributed by atoms with van der Waals surface area (Å²) in [6, 6.07) is 19.0.